The molecule has 1 amide bonds. The van der Waals surface area contributed by atoms with Crippen LogP contribution < -0.4 is 16.8 Å². The van der Waals surface area contributed by atoms with E-state index in [1.165, 1.54) is 0 Å². The van der Waals surface area contributed by atoms with Crippen LogP contribution in [0.3, 0.4) is 0 Å². The molecule has 0 atom stereocenters. The fourth-order valence-corrected chi connectivity index (χ4v) is 1.42. The zero-order valence-electron chi connectivity index (χ0n) is 9.05. The Kier molecular flexibility index (Phi) is 2.91. The van der Waals surface area contributed by atoms with Gasteiger partial charge in [-0.3, -0.25) is 9.78 Å². The lowest BCUT2D eigenvalue weighted by molar-refractivity contribution is 0.102. The number of anilines is 3. The summed E-state index contributed by atoms with van der Waals surface area (Å²) in [6.45, 7) is 0. The molecule has 0 bridgehead atoms. The van der Waals surface area contributed by atoms with Gasteiger partial charge in [-0.2, -0.15) is 0 Å². The Labute approximate surface area is 98.5 Å². The van der Waals surface area contributed by atoms with E-state index in [4.69, 9.17) is 11.5 Å². The molecule has 0 saturated heterocycles. The van der Waals surface area contributed by atoms with Crippen molar-refractivity contribution >= 4 is 23.0 Å². The second-order valence-corrected chi connectivity index (χ2v) is 3.54. The topological polar surface area (TPSA) is 94.0 Å². The van der Waals surface area contributed by atoms with Crippen molar-refractivity contribution < 1.29 is 4.79 Å². The van der Waals surface area contributed by atoms with Crippen LogP contribution in [0.15, 0.2) is 42.7 Å². The van der Waals surface area contributed by atoms with Crippen LogP contribution in [0.25, 0.3) is 0 Å². The molecule has 0 aliphatic rings. The normalized spacial score (nSPS) is 9.88. The maximum absolute atomic E-state index is 11.9. The van der Waals surface area contributed by atoms with Crippen molar-refractivity contribution in [2.45, 2.75) is 0 Å². The predicted molar refractivity (Wildman–Crippen MR) is 67.5 cm³/mol. The summed E-state index contributed by atoms with van der Waals surface area (Å²) in [5.74, 6) is -0.270. The number of nitrogens with zero attached hydrogens (tertiary/aromatic N) is 1. The lowest BCUT2D eigenvalue weighted by Crippen LogP contribution is -2.14. The van der Waals surface area contributed by atoms with Gasteiger partial charge in [0.1, 0.15) is 0 Å². The van der Waals surface area contributed by atoms with Crippen LogP contribution in [0.4, 0.5) is 17.1 Å². The number of hydrogen-bond acceptors (Lipinski definition) is 4. The van der Waals surface area contributed by atoms with Gasteiger partial charge in [0.2, 0.25) is 0 Å². The van der Waals surface area contributed by atoms with E-state index in [-0.39, 0.29) is 5.91 Å². The second kappa shape index (κ2) is 4.52. The van der Waals surface area contributed by atoms with E-state index in [1.807, 2.05) is 0 Å². The minimum Gasteiger partial charge on any atom is -0.399 e. The molecular weight excluding hydrogens is 216 g/mol. The number of carbonyl (C=O) groups excluding carboxylic acids is 1. The zero-order chi connectivity index (χ0) is 12.3. The Morgan fingerprint density at radius 1 is 1.12 bits per heavy atom. The molecule has 1 heterocycles. The van der Waals surface area contributed by atoms with Crippen molar-refractivity contribution in [3.63, 3.8) is 0 Å². The lowest BCUT2D eigenvalue weighted by atomic mass is 10.1. The summed E-state index contributed by atoms with van der Waals surface area (Å²) in [6, 6.07) is 8.19. The van der Waals surface area contributed by atoms with Gasteiger partial charge in [0.15, 0.2) is 0 Å². The van der Waals surface area contributed by atoms with E-state index < -0.39 is 0 Å². The number of amides is 1. The minimum absolute atomic E-state index is 0.270. The number of aromatic nitrogens is 1. The summed E-state index contributed by atoms with van der Waals surface area (Å²) in [6.07, 6.45) is 3.20. The first-order chi connectivity index (χ1) is 8.16. The molecule has 5 nitrogen and oxygen atoms in total. The van der Waals surface area contributed by atoms with Gasteiger partial charge in [-0.15, -0.1) is 0 Å². The maximum atomic E-state index is 11.9. The molecule has 0 fully saturated rings. The molecule has 5 N–H and O–H groups in total. The molecule has 2 rings (SSSR count). The predicted octanol–water partition coefficient (Wildman–Crippen LogP) is 1.50. The molecule has 5 heteroatoms. The number of nitrogen functional groups attached to an aromatic ring is 2. The van der Waals surface area contributed by atoms with Crippen molar-refractivity contribution in [2.24, 2.45) is 0 Å². The Balaban J connectivity index is 2.21. The van der Waals surface area contributed by atoms with Gasteiger partial charge in [0.25, 0.3) is 5.91 Å². The van der Waals surface area contributed by atoms with Crippen LogP contribution in [-0.2, 0) is 0 Å². The number of nitrogens with one attached hydrogen (secondary N) is 1. The van der Waals surface area contributed by atoms with E-state index in [0.29, 0.717) is 22.6 Å². The Morgan fingerprint density at radius 3 is 2.47 bits per heavy atom. The third kappa shape index (κ3) is 2.52. The molecule has 2 aromatic rings. The number of nitrogens with two attached hydrogens (primary N) is 2. The van der Waals surface area contributed by atoms with Crippen LogP contribution in [-0.4, -0.2) is 10.9 Å². The van der Waals surface area contributed by atoms with Gasteiger partial charge in [-0.1, -0.05) is 0 Å². The van der Waals surface area contributed by atoms with Gasteiger partial charge in [0, 0.05) is 29.5 Å². The molecular formula is C12H12N4O. The number of rotatable bonds is 2. The van der Waals surface area contributed by atoms with Crippen LogP contribution in [0.1, 0.15) is 10.4 Å². The monoisotopic (exact) mass is 228 g/mol. The van der Waals surface area contributed by atoms with Gasteiger partial charge in [0.05, 0.1) is 5.56 Å². The van der Waals surface area contributed by atoms with E-state index in [0.717, 1.165) is 0 Å². The number of carbonyl (C=O) groups is 1. The molecule has 0 spiro atoms. The highest BCUT2D eigenvalue weighted by molar-refractivity contribution is 6.08. The molecule has 86 valence electrons. The van der Waals surface area contributed by atoms with E-state index in [2.05, 4.69) is 10.3 Å². The van der Waals surface area contributed by atoms with Crippen LogP contribution in [0.2, 0.25) is 0 Å². The molecule has 0 aliphatic carbocycles. The van der Waals surface area contributed by atoms with Gasteiger partial charge >= 0.3 is 0 Å². The Morgan fingerprint density at radius 2 is 1.82 bits per heavy atom. The average molecular weight is 228 g/mol. The highest BCUT2D eigenvalue weighted by atomic mass is 16.1. The molecule has 0 aliphatic heterocycles. The zero-order valence-corrected chi connectivity index (χ0v) is 9.05. The van der Waals surface area contributed by atoms with Gasteiger partial charge in [-0.25, -0.2) is 0 Å². The summed E-state index contributed by atoms with van der Waals surface area (Å²) in [5, 5.41) is 2.72. The summed E-state index contributed by atoms with van der Waals surface area (Å²) in [7, 11) is 0. The molecule has 1 aromatic heterocycles. The van der Waals surface area contributed by atoms with E-state index >= 15 is 0 Å². The summed E-state index contributed by atoms with van der Waals surface area (Å²) >= 11 is 0. The standard InChI is InChI=1S/C12H12N4O/c13-8-1-2-10(11(14)7-8)12(17)16-9-3-5-15-6-4-9/h1-7H,13-14H2,(H,15,16,17). The summed E-state index contributed by atoms with van der Waals surface area (Å²) < 4.78 is 0. The third-order valence-electron chi connectivity index (χ3n) is 2.26. The smallest absolute Gasteiger partial charge is 0.257 e. The van der Waals surface area contributed by atoms with Crippen LogP contribution in [0.5, 0.6) is 0 Å². The first-order valence-electron chi connectivity index (χ1n) is 5.03. The Hall–Kier alpha value is -2.56. The second-order valence-electron chi connectivity index (χ2n) is 3.54. The molecule has 17 heavy (non-hydrogen) atoms. The highest BCUT2D eigenvalue weighted by Gasteiger charge is 2.09. The summed E-state index contributed by atoms with van der Waals surface area (Å²) in [5.41, 5.74) is 13.2. The van der Waals surface area contributed by atoms with E-state index in [9.17, 15) is 4.79 Å². The van der Waals surface area contributed by atoms with Gasteiger partial charge in [-0.05, 0) is 30.3 Å². The summed E-state index contributed by atoms with van der Waals surface area (Å²) in [4.78, 5) is 15.8. The minimum atomic E-state index is -0.270. The fourth-order valence-electron chi connectivity index (χ4n) is 1.42. The number of pyridine rings is 1. The lowest BCUT2D eigenvalue weighted by Gasteiger charge is -2.07. The van der Waals surface area contributed by atoms with Crippen molar-refractivity contribution in [1.82, 2.24) is 4.98 Å². The molecule has 0 radical (unpaired) electrons. The molecule has 0 unspecified atom stereocenters. The first-order valence-corrected chi connectivity index (χ1v) is 5.03. The van der Waals surface area contributed by atoms with Gasteiger partial charge < -0.3 is 16.8 Å². The van der Waals surface area contributed by atoms with E-state index in [1.54, 1.807) is 42.7 Å². The first kappa shape index (κ1) is 10.9. The van der Waals surface area contributed by atoms with Crippen LogP contribution >= 0.6 is 0 Å². The highest BCUT2D eigenvalue weighted by Crippen LogP contribution is 2.17. The quantitative estimate of drug-likeness (QED) is 0.679. The Bertz CT molecular complexity index is 539. The van der Waals surface area contributed by atoms with Crippen LogP contribution in [0, 0.1) is 0 Å². The van der Waals surface area contributed by atoms with Crippen molar-refractivity contribution in [3.8, 4) is 0 Å². The average Bonchev–Trinajstić information content (AvgIpc) is 2.30. The largest absolute Gasteiger partial charge is 0.399 e. The third-order valence-corrected chi connectivity index (χ3v) is 2.26. The molecule has 0 saturated carbocycles. The van der Waals surface area contributed by atoms with Crippen molar-refractivity contribution in [2.75, 3.05) is 16.8 Å². The SMILES string of the molecule is Nc1ccc(C(=O)Nc2ccncc2)c(N)c1. The molecule has 1 aromatic carbocycles. The number of hydrogen-bond donors (Lipinski definition) is 3. The van der Waals surface area contributed by atoms with Crippen molar-refractivity contribution in [1.29, 1.82) is 0 Å². The van der Waals surface area contributed by atoms with Crippen molar-refractivity contribution in [3.05, 3.63) is 48.3 Å². The number of benzene rings is 1. The maximum Gasteiger partial charge on any atom is 0.257 e. The fraction of sp³-hybridized carbons (Fsp3) is 0.